The second kappa shape index (κ2) is 7.09. The van der Waals surface area contributed by atoms with Gasteiger partial charge in [0, 0.05) is 0 Å². The predicted molar refractivity (Wildman–Crippen MR) is 97.9 cm³/mol. The van der Waals surface area contributed by atoms with Crippen molar-refractivity contribution in [1.82, 2.24) is 0 Å². The normalized spacial score (nSPS) is 25.8. The van der Waals surface area contributed by atoms with Gasteiger partial charge in [0.15, 0.2) is 17.5 Å². The molecule has 0 N–H and O–H groups in total. The first-order valence-electron chi connectivity index (χ1n) is 9.78. The predicted octanol–water partition coefficient (Wildman–Crippen LogP) is 6.67. The molecule has 1 saturated carbocycles. The van der Waals surface area contributed by atoms with Crippen molar-refractivity contribution in [3.05, 3.63) is 70.0 Å². The van der Waals surface area contributed by atoms with Gasteiger partial charge < -0.3 is 0 Å². The van der Waals surface area contributed by atoms with Gasteiger partial charge in [-0.25, -0.2) is 13.2 Å². The van der Waals surface area contributed by atoms with Gasteiger partial charge >= 0.3 is 0 Å². The molecule has 0 aromatic heterocycles. The fraction of sp³-hybridized carbons (Fsp3) is 0.478. The van der Waals surface area contributed by atoms with Crippen LogP contribution in [0.25, 0.3) is 0 Å². The smallest absolute Gasteiger partial charge is 0.194 e. The summed E-state index contributed by atoms with van der Waals surface area (Å²) in [6.45, 7) is 2.33. The first-order chi connectivity index (χ1) is 12.5. The summed E-state index contributed by atoms with van der Waals surface area (Å²) in [6.07, 6.45) is 6.95. The average Bonchev–Trinajstić information content (AvgIpc) is 2.67. The maximum Gasteiger partial charge on any atom is 0.194 e. The molecule has 138 valence electrons. The maximum atomic E-state index is 13.9. The van der Waals surface area contributed by atoms with E-state index in [-0.39, 0.29) is 5.92 Å². The Bertz CT molecular complexity index is 786. The first-order valence-corrected chi connectivity index (χ1v) is 9.78. The standard InChI is InChI=1S/C23H25F3/c1-14-2-4-15(5-3-14)16-6-8-17(9-7-16)18-10-11-20-19(12-18)13-21(24)23(26)22(20)25/h6-9,13-15,18H,2-5,10-12H2,1H3. The zero-order valence-corrected chi connectivity index (χ0v) is 15.2. The Hall–Kier alpha value is -1.77. The average molecular weight is 358 g/mol. The van der Waals surface area contributed by atoms with Gasteiger partial charge in [-0.2, -0.15) is 0 Å². The third-order valence-corrected chi connectivity index (χ3v) is 6.46. The molecule has 2 aromatic carbocycles. The van der Waals surface area contributed by atoms with Gasteiger partial charge in [-0.1, -0.05) is 44.0 Å². The van der Waals surface area contributed by atoms with Gasteiger partial charge in [-0.15, -0.1) is 0 Å². The van der Waals surface area contributed by atoms with Gasteiger partial charge in [0.05, 0.1) is 0 Å². The molecular weight excluding hydrogens is 333 g/mol. The van der Waals surface area contributed by atoms with Crippen LogP contribution in [0.3, 0.4) is 0 Å². The molecule has 26 heavy (non-hydrogen) atoms. The van der Waals surface area contributed by atoms with E-state index in [1.807, 2.05) is 0 Å². The number of hydrogen-bond donors (Lipinski definition) is 0. The zero-order valence-electron chi connectivity index (χ0n) is 15.2. The highest BCUT2D eigenvalue weighted by atomic mass is 19.2. The molecule has 0 saturated heterocycles. The van der Waals surface area contributed by atoms with Gasteiger partial charge in [0.2, 0.25) is 0 Å². The van der Waals surface area contributed by atoms with Crippen molar-refractivity contribution >= 4 is 0 Å². The quantitative estimate of drug-likeness (QED) is 0.526. The van der Waals surface area contributed by atoms with Crippen molar-refractivity contribution in [2.75, 3.05) is 0 Å². The van der Waals surface area contributed by atoms with E-state index < -0.39 is 17.5 Å². The van der Waals surface area contributed by atoms with Crippen molar-refractivity contribution in [3.63, 3.8) is 0 Å². The van der Waals surface area contributed by atoms with E-state index in [1.165, 1.54) is 42.9 Å². The summed E-state index contributed by atoms with van der Waals surface area (Å²) in [5, 5.41) is 0. The molecule has 0 nitrogen and oxygen atoms in total. The van der Waals surface area contributed by atoms with Crippen LogP contribution in [0.15, 0.2) is 30.3 Å². The zero-order chi connectivity index (χ0) is 18.3. The van der Waals surface area contributed by atoms with Gasteiger partial charge in [0.1, 0.15) is 0 Å². The van der Waals surface area contributed by atoms with Crippen molar-refractivity contribution in [1.29, 1.82) is 0 Å². The number of hydrogen-bond acceptors (Lipinski definition) is 0. The molecular formula is C23H25F3. The summed E-state index contributed by atoms with van der Waals surface area (Å²) in [5.41, 5.74) is 3.60. The number of halogens is 3. The second-order valence-corrected chi connectivity index (χ2v) is 8.19. The van der Waals surface area contributed by atoms with Crippen LogP contribution in [0.4, 0.5) is 13.2 Å². The Kier molecular flexibility index (Phi) is 4.81. The Morgan fingerprint density at radius 3 is 2.04 bits per heavy atom. The van der Waals surface area contributed by atoms with Crippen LogP contribution < -0.4 is 0 Å². The summed E-state index contributed by atoms with van der Waals surface area (Å²) in [5.74, 6) is -1.67. The fourth-order valence-corrected chi connectivity index (χ4v) is 4.74. The molecule has 0 radical (unpaired) electrons. The largest absolute Gasteiger partial charge is 0.204 e. The summed E-state index contributed by atoms with van der Waals surface area (Å²) in [7, 11) is 0. The maximum absolute atomic E-state index is 13.9. The molecule has 0 aliphatic heterocycles. The van der Waals surface area contributed by atoms with Crippen LogP contribution in [-0.2, 0) is 12.8 Å². The number of rotatable bonds is 2. The molecule has 1 unspecified atom stereocenters. The highest BCUT2D eigenvalue weighted by Gasteiger charge is 2.26. The molecule has 3 heteroatoms. The molecule has 2 aliphatic rings. The second-order valence-electron chi connectivity index (χ2n) is 8.19. The summed E-state index contributed by atoms with van der Waals surface area (Å²) in [6, 6.07) is 10.0. The monoisotopic (exact) mass is 358 g/mol. The van der Waals surface area contributed by atoms with E-state index in [0.717, 1.165) is 12.3 Å². The van der Waals surface area contributed by atoms with Crippen LogP contribution >= 0.6 is 0 Å². The Balaban J connectivity index is 1.51. The number of benzene rings is 2. The third kappa shape index (κ3) is 3.28. The fourth-order valence-electron chi connectivity index (χ4n) is 4.74. The lowest BCUT2D eigenvalue weighted by atomic mass is 9.77. The van der Waals surface area contributed by atoms with Crippen LogP contribution in [0.1, 0.15) is 73.1 Å². The lowest BCUT2D eigenvalue weighted by molar-refractivity contribution is 0.348. The highest BCUT2D eigenvalue weighted by molar-refractivity contribution is 5.37. The van der Waals surface area contributed by atoms with Gasteiger partial charge in [0.25, 0.3) is 0 Å². The molecule has 1 atom stereocenters. The molecule has 0 spiro atoms. The summed E-state index contributed by atoms with van der Waals surface area (Å²) < 4.78 is 40.9. The van der Waals surface area contributed by atoms with Crippen molar-refractivity contribution in [3.8, 4) is 0 Å². The van der Waals surface area contributed by atoms with Crippen LogP contribution in [0.5, 0.6) is 0 Å². The highest BCUT2D eigenvalue weighted by Crippen LogP contribution is 2.38. The van der Waals surface area contributed by atoms with E-state index in [2.05, 4.69) is 31.2 Å². The molecule has 2 aliphatic carbocycles. The van der Waals surface area contributed by atoms with Crippen molar-refractivity contribution < 1.29 is 13.2 Å². The van der Waals surface area contributed by atoms with E-state index >= 15 is 0 Å². The van der Waals surface area contributed by atoms with E-state index in [4.69, 9.17) is 0 Å². The van der Waals surface area contributed by atoms with E-state index in [1.54, 1.807) is 0 Å². The van der Waals surface area contributed by atoms with Crippen LogP contribution in [-0.4, -0.2) is 0 Å². The van der Waals surface area contributed by atoms with Crippen LogP contribution in [0.2, 0.25) is 0 Å². The SMILES string of the molecule is CC1CCC(c2ccc(C3CCc4c(cc(F)c(F)c4F)C3)cc2)CC1. The van der Waals surface area contributed by atoms with Crippen molar-refractivity contribution in [2.24, 2.45) is 5.92 Å². The van der Waals surface area contributed by atoms with Gasteiger partial charge in [-0.05, 0) is 78.2 Å². The molecule has 0 bridgehead atoms. The first kappa shape index (κ1) is 17.6. The summed E-state index contributed by atoms with van der Waals surface area (Å²) in [4.78, 5) is 0. The molecule has 0 heterocycles. The third-order valence-electron chi connectivity index (χ3n) is 6.46. The molecule has 4 rings (SSSR count). The Morgan fingerprint density at radius 2 is 1.38 bits per heavy atom. The Labute approximate surface area is 153 Å². The van der Waals surface area contributed by atoms with E-state index in [9.17, 15) is 13.2 Å². The minimum Gasteiger partial charge on any atom is -0.204 e. The lowest BCUT2D eigenvalue weighted by Gasteiger charge is -2.28. The van der Waals surface area contributed by atoms with E-state index in [0.29, 0.717) is 29.9 Å². The van der Waals surface area contributed by atoms with Crippen molar-refractivity contribution in [2.45, 2.75) is 63.7 Å². The molecule has 1 fully saturated rings. The number of fused-ring (bicyclic) bond motifs is 1. The molecule has 0 amide bonds. The lowest BCUT2D eigenvalue weighted by Crippen LogP contribution is -2.16. The Morgan fingerprint density at radius 1 is 0.769 bits per heavy atom. The van der Waals surface area contributed by atoms with Crippen LogP contribution in [0, 0.1) is 23.4 Å². The minimum absolute atomic E-state index is 0.243. The van der Waals surface area contributed by atoms with Gasteiger partial charge in [-0.3, -0.25) is 0 Å². The minimum atomic E-state index is -1.34. The summed E-state index contributed by atoms with van der Waals surface area (Å²) >= 11 is 0. The molecule has 2 aromatic rings. The topological polar surface area (TPSA) is 0 Å².